The van der Waals surface area contributed by atoms with Crippen LogP contribution >= 0.6 is 0 Å². The summed E-state index contributed by atoms with van der Waals surface area (Å²) < 4.78 is 27.1. The molecule has 0 radical (unpaired) electrons. The van der Waals surface area contributed by atoms with E-state index in [0.29, 0.717) is 5.69 Å². The molecule has 0 amide bonds. The second kappa shape index (κ2) is 8.20. The molecule has 1 aromatic heterocycles. The van der Waals surface area contributed by atoms with Crippen molar-refractivity contribution in [1.29, 1.82) is 5.26 Å². The Morgan fingerprint density at radius 1 is 1.07 bits per heavy atom. The predicted molar refractivity (Wildman–Crippen MR) is 107 cm³/mol. The highest BCUT2D eigenvalue weighted by Crippen LogP contribution is 2.18. The smallest absolute Gasteiger partial charge is 0.261 e. The van der Waals surface area contributed by atoms with Crippen molar-refractivity contribution < 1.29 is 8.42 Å². The zero-order valence-corrected chi connectivity index (χ0v) is 15.4. The lowest BCUT2D eigenvalue weighted by Gasteiger charge is -2.08. The summed E-state index contributed by atoms with van der Waals surface area (Å²) in [5.41, 5.74) is 7.28. The molecule has 1 heterocycles. The minimum atomic E-state index is -3.69. The largest absolute Gasteiger partial charge is 0.382 e. The number of benzene rings is 2. The number of anilines is 3. The first kappa shape index (κ1) is 18.9. The number of nitriles is 1. The van der Waals surface area contributed by atoms with E-state index in [1.807, 2.05) is 36.4 Å². The molecule has 0 saturated carbocycles. The van der Waals surface area contributed by atoms with Crippen molar-refractivity contribution in [3.63, 3.8) is 0 Å². The summed E-state index contributed by atoms with van der Waals surface area (Å²) in [6.45, 7) is 0. The zero-order valence-electron chi connectivity index (χ0n) is 14.6. The molecule has 140 valence electrons. The van der Waals surface area contributed by atoms with Gasteiger partial charge in [0.05, 0.1) is 11.1 Å². The summed E-state index contributed by atoms with van der Waals surface area (Å²) in [7, 11) is -3.69. The Bertz CT molecular complexity index is 1140. The Kier molecular flexibility index (Phi) is 5.53. The van der Waals surface area contributed by atoms with Crippen LogP contribution in [-0.4, -0.2) is 18.4 Å². The fourth-order valence-corrected chi connectivity index (χ4v) is 3.12. The van der Waals surface area contributed by atoms with Gasteiger partial charge in [-0.2, -0.15) is 10.2 Å². The maximum Gasteiger partial charge on any atom is 0.261 e. The van der Waals surface area contributed by atoms with E-state index in [9.17, 15) is 8.42 Å². The summed E-state index contributed by atoms with van der Waals surface area (Å²) in [6, 6.07) is 17.3. The molecule has 4 N–H and O–H groups in total. The Morgan fingerprint density at radius 2 is 1.79 bits per heavy atom. The molecule has 8 nitrogen and oxygen atoms in total. The van der Waals surface area contributed by atoms with Crippen molar-refractivity contribution in [2.75, 3.05) is 11.1 Å². The predicted octanol–water partition coefficient (Wildman–Crippen LogP) is 2.62. The number of sulfonamides is 1. The SMILES string of the molecule is N#Cc1cnc(Nc2ccc(S(=O)(=O)NC=Cc3ccccc3)cc2)nc1N. The van der Waals surface area contributed by atoms with E-state index in [-0.39, 0.29) is 22.2 Å². The van der Waals surface area contributed by atoms with Gasteiger partial charge in [0.2, 0.25) is 5.95 Å². The molecule has 0 bridgehead atoms. The van der Waals surface area contributed by atoms with Gasteiger partial charge in [-0.15, -0.1) is 0 Å². The molecule has 0 saturated heterocycles. The normalized spacial score (nSPS) is 11.1. The molecule has 3 aromatic rings. The van der Waals surface area contributed by atoms with Gasteiger partial charge in [-0.1, -0.05) is 30.3 Å². The van der Waals surface area contributed by atoms with Crippen LogP contribution in [0.4, 0.5) is 17.5 Å². The Labute approximate surface area is 162 Å². The molecule has 0 atom stereocenters. The number of aromatic nitrogens is 2. The zero-order chi connectivity index (χ0) is 20.0. The standard InChI is InChI=1S/C19H16N6O2S/c20-12-15-13-22-19(25-18(15)21)24-16-6-8-17(9-7-16)28(26,27)23-11-10-14-4-2-1-3-5-14/h1-11,13,23H,(H3,21,22,24,25). The van der Waals surface area contributed by atoms with Crippen LogP contribution in [0.25, 0.3) is 6.08 Å². The third kappa shape index (κ3) is 4.63. The summed E-state index contributed by atoms with van der Waals surface area (Å²) in [6.07, 6.45) is 4.36. The van der Waals surface area contributed by atoms with Crippen LogP contribution < -0.4 is 15.8 Å². The summed E-state index contributed by atoms with van der Waals surface area (Å²) >= 11 is 0. The van der Waals surface area contributed by atoms with E-state index in [2.05, 4.69) is 20.0 Å². The quantitative estimate of drug-likeness (QED) is 0.587. The Morgan fingerprint density at radius 3 is 2.43 bits per heavy atom. The summed E-state index contributed by atoms with van der Waals surface area (Å²) in [5.74, 6) is 0.268. The van der Waals surface area contributed by atoms with Crippen molar-refractivity contribution in [3.05, 3.63) is 78.1 Å². The van der Waals surface area contributed by atoms with Gasteiger partial charge in [0, 0.05) is 11.9 Å². The maximum absolute atomic E-state index is 12.4. The van der Waals surface area contributed by atoms with E-state index < -0.39 is 10.0 Å². The van der Waals surface area contributed by atoms with Crippen LogP contribution in [0.3, 0.4) is 0 Å². The van der Waals surface area contributed by atoms with Gasteiger partial charge in [-0.3, -0.25) is 4.72 Å². The highest BCUT2D eigenvalue weighted by molar-refractivity contribution is 7.89. The molecular formula is C19H16N6O2S. The van der Waals surface area contributed by atoms with E-state index >= 15 is 0 Å². The lowest BCUT2D eigenvalue weighted by atomic mass is 10.2. The second-order valence-corrected chi connectivity index (χ2v) is 7.33. The van der Waals surface area contributed by atoms with Crippen LogP contribution in [0.15, 0.2) is 71.9 Å². The number of nitrogens with two attached hydrogens (primary N) is 1. The Hall–Kier alpha value is -3.90. The number of nitrogens with zero attached hydrogens (tertiary/aromatic N) is 3. The number of hydrogen-bond donors (Lipinski definition) is 3. The fourth-order valence-electron chi connectivity index (χ4n) is 2.24. The molecule has 3 rings (SSSR count). The molecule has 0 spiro atoms. The highest BCUT2D eigenvalue weighted by atomic mass is 32.2. The lowest BCUT2D eigenvalue weighted by Crippen LogP contribution is -2.17. The van der Waals surface area contributed by atoms with Crippen LogP contribution in [0, 0.1) is 11.3 Å². The van der Waals surface area contributed by atoms with E-state index in [0.717, 1.165) is 5.56 Å². The van der Waals surface area contributed by atoms with Gasteiger partial charge in [-0.25, -0.2) is 13.4 Å². The maximum atomic E-state index is 12.4. The molecule has 0 aliphatic heterocycles. The third-order valence-corrected chi connectivity index (χ3v) is 5.00. The molecule has 9 heteroatoms. The average molecular weight is 392 g/mol. The minimum Gasteiger partial charge on any atom is -0.382 e. The minimum absolute atomic E-state index is 0.0635. The lowest BCUT2D eigenvalue weighted by molar-refractivity contribution is 0.591. The average Bonchev–Trinajstić information content (AvgIpc) is 2.69. The van der Waals surface area contributed by atoms with Crippen LogP contribution in [-0.2, 0) is 10.0 Å². The van der Waals surface area contributed by atoms with Crippen molar-refractivity contribution in [2.45, 2.75) is 4.90 Å². The number of nitrogens with one attached hydrogen (secondary N) is 2. The van der Waals surface area contributed by atoms with Gasteiger partial charge in [0.15, 0.2) is 0 Å². The molecular weight excluding hydrogens is 376 g/mol. The third-order valence-electron chi connectivity index (χ3n) is 3.66. The molecule has 0 aliphatic rings. The molecule has 0 fully saturated rings. The van der Waals surface area contributed by atoms with E-state index in [1.54, 1.807) is 18.2 Å². The van der Waals surface area contributed by atoms with Crippen LogP contribution in [0.1, 0.15) is 11.1 Å². The van der Waals surface area contributed by atoms with Gasteiger partial charge >= 0.3 is 0 Å². The van der Waals surface area contributed by atoms with Gasteiger partial charge in [0.25, 0.3) is 10.0 Å². The number of hydrogen-bond acceptors (Lipinski definition) is 7. The van der Waals surface area contributed by atoms with Crippen molar-refractivity contribution >= 4 is 33.6 Å². The Balaban J connectivity index is 1.68. The summed E-state index contributed by atoms with van der Waals surface area (Å²) in [4.78, 5) is 8.06. The fraction of sp³-hybridized carbons (Fsp3) is 0. The number of nitrogen functional groups attached to an aromatic ring is 1. The first-order valence-corrected chi connectivity index (χ1v) is 9.60. The first-order chi connectivity index (χ1) is 13.5. The van der Waals surface area contributed by atoms with E-state index in [4.69, 9.17) is 11.0 Å². The van der Waals surface area contributed by atoms with Gasteiger partial charge < -0.3 is 11.1 Å². The molecule has 0 aliphatic carbocycles. The van der Waals surface area contributed by atoms with Crippen LogP contribution in [0.5, 0.6) is 0 Å². The number of rotatable bonds is 6. The van der Waals surface area contributed by atoms with Crippen LogP contribution in [0.2, 0.25) is 0 Å². The first-order valence-electron chi connectivity index (χ1n) is 8.11. The molecule has 2 aromatic carbocycles. The highest BCUT2D eigenvalue weighted by Gasteiger charge is 2.12. The summed E-state index contributed by atoms with van der Waals surface area (Å²) in [5, 5.41) is 11.7. The molecule has 28 heavy (non-hydrogen) atoms. The van der Waals surface area contributed by atoms with Gasteiger partial charge in [-0.05, 0) is 35.9 Å². The monoisotopic (exact) mass is 392 g/mol. The molecule has 0 unspecified atom stereocenters. The second-order valence-electron chi connectivity index (χ2n) is 5.62. The topological polar surface area (TPSA) is 134 Å². The van der Waals surface area contributed by atoms with Crippen molar-refractivity contribution in [3.8, 4) is 6.07 Å². The van der Waals surface area contributed by atoms with Crippen molar-refractivity contribution in [2.24, 2.45) is 0 Å². The van der Waals surface area contributed by atoms with Crippen molar-refractivity contribution in [1.82, 2.24) is 14.7 Å². The van der Waals surface area contributed by atoms with E-state index in [1.165, 1.54) is 24.5 Å². The van der Waals surface area contributed by atoms with Gasteiger partial charge in [0.1, 0.15) is 17.5 Å².